The van der Waals surface area contributed by atoms with Crippen molar-refractivity contribution in [2.24, 2.45) is 0 Å². The van der Waals surface area contributed by atoms with Crippen LogP contribution in [0.4, 0.5) is 11.6 Å². The number of aromatic nitrogens is 4. The molecule has 3 aromatic heterocycles. The first kappa shape index (κ1) is 17.1. The van der Waals surface area contributed by atoms with E-state index < -0.39 is 0 Å². The Morgan fingerprint density at radius 1 is 1.15 bits per heavy atom. The zero-order valence-electron chi connectivity index (χ0n) is 15.0. The van der Waals surface area contributed by atoms with Gasteiger partial charge in [0, 0.05) is 31.2 Å². The van der Waals surface area contributed by atoms with E-state index in [2.05, 4.69) is 25.3 Å². The van der Waals surface area contributed by atoms with Gasteiger partial charge in [-0.2, -0.15) is 0 Å². The van der Waals surface area contributed by atoms with Crippen molar-refractivity contribution < 1.29 is 4.79 Å². The zero-order chi connectivity index (χ0) is 18.6. The molecule has 27 heavy (non-hydrogen) atoms. The molecule has 1 fully saturated rings. The minimum atomic E-state index is -0.0660. The van der Waals surface area contributed by atoms with Crippen LogP contribution in [0.1, 0.15) is 40.8 Å². The van der Waals surface area contributed by atoms with E-state index in [0.717, 1.165) is 24.4 Å². The fourth-order valence-corrected chi connectivity index (χ4v) is 3.37. The summed E-state index contributed by atoms with van der Waals surface area (Å²) in [7, 11) is 0. The van der Waals surface area contributed by atoms with Gasteiger partial charge in [-0.05, 0) is 44.0 Å². The second-order valence-electron chi connectivity index (χ2n) is 6.46. The van der Waals surface area contributed by atoms with Crippen LogP contribution in [0.25, 0.3) is 0 Å². The van der Waals surface area contributed by atoms with Crippen LogP contribution >= 0.6 is 0 Å². The molecule has 1 aliphatic heterocycles. The van der Waals surface area contributed by atoms with Gasteiger partial charge in [0.1, 0.15) is 17.5 Å². The SMILES string of the molecule is Cc1nc(Nc2ccccn2)cc([C@@H]2CCCN2C(=O)c2cccnc2)n1. The molecule has 4 heterocycles. The Labute approximate surface area is 157 Å². The summed E-state index contributed by atoms with van der Waals surface area (Å²) >= 11 is 0. The third-order valence-electron chi connectivity index (χ3n) is 4.54. The van der Waals surface area contributed by atoms with Crippen molar-refractivity contribution in [2.45, 2.75) is 25.8 Å². The predicted molar refractivity (Wildman–Crippen MR) is 102 cm³/mol. The van der Waals surface area contributed by atoms with Crippen LogP contribution in [0.15, 0.2) is 55.0 Å². The molecule has 7 nitrogen and oxygen atoms in total. The molecule has 136 valence electrons. The van der Waals surface area contributed by atoms with Crippen LogP contribution in [0.2, 0.25) is 0 Å². The summed E-state index contributed by atoms with van der Waals surface area (Å²) in [6.45, 7) is 2.57. The molecule has 3 aromatic rings. The van der Waals surface area contributed by atoms with Crippen LogP contribution < -0.4 is 5.32 Å². The number of carbonyl (C=O) groups excluding carboxylic acids is 1. The second kappa shape index (κ2) is 7.49. The molecule has 4 rings (SSSR count). The van der Waals surface area contributed by atoms with Gasteiger partial charge < -0.3 is 10.2 Å². The third kappa shape index (κ3) is 3.76. The number of hydrogen-bond donors (Lipinski definition) is 1. The Hall–Kier alpha value is -3.35. The van der Waals surface area contributed by atoms with E-state index in [1.165, 1.54) is 0 Å². The summed E-state index contributed by atoms with van der Waals surface area (Å²) in [5, 5.41) is 3.21. The van der Waals surface area contributed by atoms with Crippen LogP contribution in [0, 0.1) is 6.92 Å². The van der Waals surface area contributed by atoms with E-state index in [4.69, 9.17) is 0 Å². The molecule has 1 aliphatic rings. The summed E-state index contributed by atoms with van der Waals surface area (Å²) in [5.41, 5.74) is 1.44. The number of amides is 1. The van der Waals surface area contributed by atoms with Gasteiger partial charge in [0.2, 0.25) is 0 Å². The molecule has 0 unspecified atom stereocenters. The highest BCUT2D eigenvalue weighted by molar-refractivity contribution is 5.94. The van der Waals surface area contributed by atoms with E-state index in [0.29, 0.717) is 23.8 Å². The number of hydrogen-bond acceptors (Lipinski definition) is 6. The Morgan fingerprint density at radius 2 is 2.07 bits per heavy atom. The molecule has 7 heteroatoms. The highest BCUT2D eigenvalue weighted by Gasteiger charge is 2.32. The normalized spacial score (nSPS) is 16.3. The first-order chi connectivity index (χ1) is 13.2. The van der Waals surface area contributed by atoms with Crippen molar-refractivity contribution in [3.8, 4) is 0 Å². The Morgan fingerprint density at radius 3 is 2.85 bits per heavy atom. The molecule has 1 amide bonds. The van der Waals surface area contributed by atoms with Gasteiger partial charge in [0.15, 0.2) is 0 Å². The van der Waals surface area contributed by atoms with Gasteiger partial charge in [-0.3, -0.25) is 9.78 Å². The van der Waals surface area contributed by atoms with Gasteiger partial charge in [-0.25, -0.2) is 15.0 Å². The fourth-order valence-electron chi connectivity index (χ4n) is 3.37. The van der Waals surface area contributed by atoms with E-state index in [1.54, 1.807) is 30.7 Å². The average Bonchev–Trinajstić information content (AvgIpc) is 3.18. The van der Waals surface area contributed by atoms with Crippen molar-refractivity contribution in [1.82, 2.24) is 24.8 Å². The first-order valence-electron chi connectivity index (χ1n) is 8.95. The Balaban J connectivity index is 1.61. The van der Waals surface area contributed by atoms with Crippen molar-refractivity contribution in [3.05, 3.63) is 72.1 Å². The van der Waals surface area contributed by atoms with E-state index in [-0.39, 0.29) is 11.9 Å². The summed E-state index contributed by atoms with van der Waals surface area (Å²) in [5.74, 6) is 2.04. The maximum absolute atomic E-state index is 12.9. The van der Waals surface area contributed by atoms with Gasteiger partial charge in [0.25, 0.3) is 5.91 Å². The maximum atomic E-state index is 12.9. The monoisotopic (exact) mass is 360 g/mol. The highest BCUT2D eigenvalue weighted by atomic mass is 16.2. The minimum Gasteiger partial charge on any atom is -0.330 e. The summed E-state index contributed by atoms with van der Waals surface area (Å²) < 4.78 is 0. The number of nitrogens with one attached hydrogen (secondary N) is 1. The molecule has 1 saturated heterocycles. The smallest absolute Gasteiger partial charge is 0.255 e. The van der Waals surface area contributed by atoms with Crippen molar-refractivity contribution >= 4 is 17.5 Å². The molecule has 0 radical (unpaired) electrons. The van der Waals surface area contributed by atoms with Gasteiger partial charge in [-0.1, -0.05) is 6.07 Å². The number of pyridine rings is 2. The van der Waals surface area contributed by atoms with Crippen molar-refractivity contribution in [3.63, 3.8) is 0 Å². The molecular formula is C20H20N6O. The number of nitrogens with zero attached hydrogens (tertiary/aromatic N) is 5. The van der Waals surface area contributed by atoms with Gasteiger partial charge in [-0.15, -0.1) is 0 Å². The zero-order valence-corrected chi connectivity index (χ0v) is 15.0. The molecule has 0 bridgehead atoms. The summed E-state index contributed by atoms with van der Waals surface area (Å²) in [4.78, 5) is 32.2. The number of aryl methyl sites for hydroxylation is 1. The molecule has 0 aromatic carbocycles. The first-order valence-corrected chi connectivity index (χ1v) is 8.95. The number of anilines is 2. The molecule has 0 saturated carbocycles. The van der Waals surface area contributed by atoms with Crippen LogP contribution in [0.5, 0.6) is 0 Å². The Bertz CT molecular complexity index is 932. The molecule has 0 spiro atoms. The number of rotatable bonds is 4. The standard InChI is InChI=1S/C20H20N6O/c1-14-23-16(12-19(24-14)25-18-8-2-3-10-22-18)17-7-5-11-26(17)20(27)15-6-4-9-21-13-15/h2-4,6,8-10,12-13,17H,5,7,11H2,1H3,(H,22,23,24,25)/t17-/m0/s1. The topological polar surface area (TPSA) is 83.9 Å². The lowest BCUT2D eigenvalue weighted by Gasteiger charge is -2.24. The quantitative estimate of drug-likeness (QED) is 0.768. The van der Waals surface area contributed by atoms with E-state index in [1.807, 2.05) is 36.1 Å². The van der Waals surface area contributed by atoms with Crippen LogP contribution in [-0.4, -0.2) is 37.3 Å². The van der Waals surface area contributed by atoms with Gasteiger partial charge >= 0.3 is 0 Å². The average molecular weight is 360 g/mol. The summed E-state index contributed by atoms with van der Waals surface area (Å²) in [6.07, 6.45) is 6.83. The molecular weight excluding hydrogens is 340 g/mol. The second-order valence-corrected chi connectivity index (χ2v) is 6.46. The minimum absolute atomic E-state index is 0.0129. The fraction of sp³-hybridized carbons (Fsp3) is 0.250. The lowest BCUT2D eigenvalue weighted by atomic mass is 10.1. The third-order valence-corrected chi connectivity index (χ3v) is 4.54. The lowest BCUT2D eigenvalue weighted by Crippen LogP contribution is -2.31. The van der Waals surface area contributed by atoms with E-state index in [9.17, 15) is 4.79 Å². The van der Waals surface area contributed by atoms with Gasteiger partial charge in [0.05, 0.1) is 17.3 Å². The molecule has 0 aliphatic carbocycles. The number of carbonyl (C=O) groups is 1. The molecule has 1 atom stereocenters. The van der Waals surface area contributed by atoms with Crippen LogP contribution in [0.3, 0.4) is 0 Å². The predicted octanol–water partition coefficient (Wildman–Crippen LogP) is 3.30. The Kier molecular flexibility index (Phi) is 4.74. The van der Waals surface area contributed by atoms with Crippen molar-refractivity contribution in [1.29, 1.82) is 0 Å². The maximum Gasteiger partial charge on any atom is 0.255 e. The molecule has 1 N–H and O–H groups in total. The van der Waals surface area contributed by atoms with Crippen molar-refractivity contribution in [2.75, 3.05) is 11.9 Å². The highest BCUT2D eigenvalue weighted by Crippen LogP contribution is 2.33. The lowest BCUT2D eigenvalue weighted by molar-refractivity contribution is 0.0732. The van der Waals surface area contributed by atoms with Crippen LogP contribution in [-0.2, 0) is 0 Å². The van der Waals surface area contributed by atoms with E-state index >= 15 is 0 Å². The summed E-state index contributed by atoms with van der Waals surface area (Å²) in [6, 6.07) is 11.1. The largest absolute Gasteiger partial charge is 0.330 e. The number of likely N-dealkylation sites (tertiary alicyclic amines) is 1.